The summed E-state index contributed by atoms with van der Waals surface area (Å²) in [7, 11) is 0. The maximum atomic E-state index is 12.0. The molecule has 0 aliphatic heterocycles. The first-order valence-electron chi connectivity index (χ1n) is 5.36. The van der Waals surface area contributed by atoms with Crippen LogP contribution in [-0.2, 0) is 0 Å². The monoisotopic (exact) mass is 278 g/mol. The van der Waals surface area contributed by atoms with Crippen molar-refractivity contribution in [3.05, 3.63) is 47.0 Å². The van der Waals surface area contributed by atoms with Crippen LogP contribution in [0.15, 0.2) is 36.4 Å². The molecule has 0 atom stereocenters. The van der Waals surface area contributed by atoms with Gasteiger partial charge >= 0.3 is 0 Å². The van der Waals surface area contributed by atoms with Crippen molar-refractivity contribution >= 4 is 28.9 Å². The highest BCUT2D eigenvalue weighted by molar-refractivity contribution is 6.34. The molecule has 0 unspecified atom stereocenters. The number of nitrogens with two attached hydrogens (primary N) is 1. The minimum atomic E-state index is -0.536. The smallest absolute Gasteiger partial charge is 0.256 e. The van der Waals surface area contributed by atoms with E-state index in [1.165, 1.54) is 12.1 Å². The molecule has 0 bridgehead atoms. The number of phenolic OH excluding ortho intramolecular Hbond substituents is 2. The van der Waals surface area contributed by atoms with Crippen molar-refractivity contribution in [3.63, 3.8) is 0 Å². The van der Waals surface area contributed by atoms with Crippen molar-refractivity contribution in [1.82, 2.24) is 0 Å². The molecule has 2 aromatic carbocycles. The molecule has 19 heavy (non-hydrogen) atoms. The molecule has 0 aromatic heterocycles. The van der Waals surface area contributed by atoms with E-state index < -0.39 is 5.91 Å². The van der Waals surface area contributed by atoms with E-state index in [1.807, 2.05) is 0 Å². The average molecular weight is 279 g/mol. The van der Waals surface area contributed by atoms with E-state index in [1.54, 1.807) is 18.2 Å². The molecule has 0 fully saturated rings. The van der Waals surface area contributed by atoms with Gasteiger partial charge in [0.1, 0.15) is 11.5 Å². The van der Waals surface area contributed by atoms with Gasteiger partial charge in [0.25, 0.3) is 5.91 Å². The third kappa shape index (κ3) is 2.89. The lowest BCUT2D eigenvalue weighted by atomic mass is 10.1. The average Bonchev–Trinajstić information content (AvgIpc) is 2.32. The molecule has 0 saturated heterocycles. The van der Waals surface area contributed by atoms with E-state index in [4.69, 9.17) is 17.3 Å². The van der Waals surface area contributed by atoms with Crippen molar-refractivity contribution in [2.75, 3.05) is 11.1 Å². The van der Waals surface area contributed by atoms with Crippen LogP contribution < -0.4 is 11.1 Å². The number of carbonyl (C=O) groups is 1. The molecule has 0 spiro atoms. The Morgan fingerprint density at radius 1 is 1.16 bits per heavy atom. The minimum Gasteiger partial charge on any atom is -0.508 e. The fraction of sp³-hybridized carbons (Fsp3) is 0. The number of hydrogen-bond acceptors (Lipinski definition) is 4. The number of phenols is 2. The Morgan fingerprint density at radius 2 is 1.79 bits per heavy atom. The van der Waals surface area contributed by atoms with Gasteiger partial charge in [-0.2, -0.15) is 0 Å². The summed E-state index contributed by atoms with van der Waals surface area (Å²) in [5.74, 6) is -0.958. The lowest BCUT2D eigenvalue weighted by Gasteiger charge is -2.10. The standard InChI is InChI=1S/C13H11ClN2O3/c14-10-2-1-3-11(15)12(10)16-13(19)7-4-8(17)6-9(18)5-7/h1-6,17-18H,15H2,(H,16,19). The molecule has 0 aliphatic rings. The SMILES string of the molecule is Nc1cccc(Cl)c1NC(=O)c1cc(O)cc(O)c1. The molecule has 0 aliphatic carbocycles. The number of rotatable bonds is 2. The Hall–Kier alpha value is -2.40. The van der Waals surface area contributed by atoms with Crippen molar-refractivity contribution in [2.24, 2.45) is 0 Å². The van der Waals surface area contributed by atoms with E-state index in [-0.39, 0.29) is 22.7 Å². The van der Waals surface area contributed by atoms with E-state index >= 15 is 0 Å². The lowest BCUT2D eigenvalue weighted by Crippen LogP contribution is -2.13. The number of amides is 1. The number of nitrogens with one attached hydrogen (secondary N) is 1. The van der Waals surface area contributed by atoms with Gasteiger partial charge in [0.05, 0.1) is 16.4 Å². The van der Waals surface area contributed by atoms with Crippen LogP contribution in [0.2, 0.25) is 5.02 Å². The van der Waals surface area contributed by atoms with E-state index in [2.05, 4.69) is 5.32 Å². The maximum absolute atomic E-state index is 12.0. The predicted molar refractivity (Wildman–Crippen MR) is 73.6 cm³/mol. The summed E-state index contributed by atoms with van der Waals surface area (Å²) in [5.41, 5.74) is 6.42. The van der Waals surface area contributed by atoms with Crippen LogP contribution in [0.3, 0.4) is 0 Å². The molecule has 6 heteroatoms. The Morgan fingerprint density at radius 3 is 2.37 bits per heavy atom. The maximum Gasteiger partial charge on any atom is 0.256 e. The summed E-state index contributed by atoms with van der Waals surface area (Å²) in [5, 5.41) is 21.5. The Labute approximate surface area is 114 Å². The highest BCUT2D eigenvalue weighted by Crippen LogP contribution is 2.29. The number of para-hydroxylation sites is 1. The molecule has 5 nitrogen and oxygen atoms in total. The van der Waals surface area contributed by atoms with Crippen LogP contribution in [0.4, 0.5) is 11.4 Å². The van der Waals surface area contributed by atoms with Gasteiger partial charge in [-0.15, -0.1) is 0 Å². The van der Waals surface area contributed by atoms with Gasteiger partial charge in [-0.25, -0.2) is 0 Å². The summed E-state index contributed by atoms with van der Waals surface area (Å²) >= 11 is 5.93. The third-order valence-corrected chi connectivity index (χ3v) is 2.76. The van der Waals surface area contributed by atoms with E-state index in [0.717, 1.165) is 6.07 Å². The van der Waals surface area contributed by atoms with Gasteiger partial charge in [0.15, 0.2) is 0 Å². The van der Waals surface area contributed by atoms with Crippen LogP contribution >= 0.6 is 11.6 Å². The number of anilines is 2. The molecule has 0 heterocycles. The molecule has 2 rings (SSSR count). The zero-order valence-electron chi connectivity index (χ0n) is 9.72. The molecule has 5 N–H and O–H groups in total. The van der Waals surface area contributed by atoms with Crippen LogP contribution in [-0.4, -0.2) is 16.1 Å². The highest BCUT2D eigenvalue weighted by atomic mass is 35.5. The first-order chi connectivity index (χ1) is 8.97. The van der Waals surface area contributed by atoms with Gasteiger partial charge in [-0.1, -0.05) is 17.7 Å². The summed E-state index contributed by atoms with van der Waals surface area (Å²) in [6, 6.07) is 8.42. The summed E-state index contributed by atoms with van der Waals surface area (Å²) in [4.78, 5) is 12.0. The van der Waals surface area contributed by atoms with Crippen LogP contribution in [0.5, 0.6) is 11.5 Å². The first-order valence-corrected chi connectivity index (χ1v) is 5.73. The van der Waals surface area contributed by atoms with Crippen molar-refractivity contribution in [1.29, 1.82) is 0 Å². The number of halogens is 1. The molecule has 0 saturated carbocycles. The zero-order valence-corrected chi connectivity index (χ0v) is 10.5. The first kappa shape index (κ1) is 13.0. The topological polar surface area (TPSA) is 95.6 Å². The number of nitrogen functional groups attached to an aromatic ring is 1. The van der Waals surface area contributed by atoms with Gasteiger partial charge in [-0.05, 0) is 24.3 Å². The minimum absolute atomic E-state index is 0.0943. The number of aromatic hydroxyl groups is 2. The zero-order chi connectivity index (χ0) is 14.0. The quantitative estimate of drug-likeness (QED) is 0.635. The highest BCUT2D eigenvalue weighted by Gasteiger charge is 2.12. The lowest BCUT2D eigenvalue weighted by molar-refractivity contribution is 0.102. The van der Waals surface area contributed by atoms with E-state index in [9.17, 15) is 15.0 Å². The van der Waals surface area contributed by atoms with Gasteiger partial charge in [0.2, 0.25) is 0 Å². The summed E-state index contributed by atoms with van der Waals surface area (Å²) < 4.78 is 0. The van der Waals surface area contributed by atoms with Crippen LogP contribution in [0, 0.1) is 0 Å². The molecular weight excluding hydrogens is 268 g/mol. The second-order valence-corrected chi connectivity index (χ2v) is 4.30. The third-order valence-electron chi connectivity index (χ3n) is 2.45. The summed E-state index contributed by atoms with van der Waals surface area (Å²) in [6.45, 7) is 0. The Kier molecular flexibility index (Phi) is 3.48. The number of hydrogen-bond donors (Lipinski definition) is 4. The Bertz CT molecular complexity index is 603. The molecule has 2 aromatic rings. The molecular formula is C13H11ClN2O3. The molecule has 98 valence electrons. The molecule has 1 amide bonds. The fourth-order valence-corrected chi connectivity index (χ4v) is 1.81. The van der Waals surface area contributed by atoms with Gasteiger partial charge < -0.3 is 21.3 Å². The number of carbonyl (C=O) groups excluding carboxylic acids is 1. The fourth-order valence-electron chi connectivity index (χ4n) is 1.58. The van der Waals surface area contributed by atoms with Crippen molar-refractivity contribution in [2.45, 2.75) is 0 Å². The second kappa shape index (κ2) is 5.07. The molecule has 0 radical (unpaired) electrons. The second-order valence-electron chi connectivity index (χ2n) is 3.90. The van der Waals surface area contributed by atoms with Crippen LogP contribution in [0.25, 0.3) is 0 Å². The van der Waals surface area contributed by atoms with Crippen molar-refractivity contribution < 1.29 is 15.0 Å². The van der Waals surface area contributed by atoms with Gasteiger partial charge in [0, 0.05) is 11.6 Å². The van der Waals surface area contributed by atoms with Gasteiger partial charge in [-0.3, -0.25) is 4.79 Å². The predicted octanol–water partition coefficient (Wildman–Crippen LogP) is 2.59. The normalized spacial score (nSPS) is 10.2. The number of benzene rings is 2. The Balaban J connectivity index is 2.31. The summed E-state index contributed by atoms with van der Waals surface area (Å²) in [6.07, 6.45) is 0. The van der Waals surface area contributed by atoms with E-state index in [0.29, 0.717) is 10.7 Å². The largest absolute Gasteiger partial charge is 0.508 e. The van der Waals surface area contributed by atoms with Crippen LogP contribution in [0.1, 0.15) is 10.4 Å². The van der Waals surface area contributed by atoms with Crippen molar-refractivity contribution in [3.8, 4) is 11.5 Å².